The van der Waals surface area contributed by atoms with Crippen LogP contribution >= 0.6 is 0 Å². The highest BCUT2D eigenvalue weighted by Crippen LogP contribution is 2.27. The van der Waals surface area contributed by atoms with Crippen molar-refractivity contribution in [2.75, 3.05) is 12.4 Å². The summed E-state index contributed by atoms with van der Waals surface area (Å²) in [5.41, 5.74) is 4.05. The van der Waals surface area contributed by atoms with E-state index in [9.17, 15) is 9.90 Å². The van der Waals surface area contributed by atoms with Crippen molar-refractivity contribution in [1.29, 1.82) is 0 Å². The van der Waals surface area contributed by atoms with Crippen LogP contribution in [0.5, 0.6) is 5.75 Å². The van der Waals surface area contributed by atoms with E-state index in [4.69, 9.17) is 0 Å². The molecule has 2 amide bonds. The predicted octanol–water partition coefficient (Wildman–Crippen LogP) is 4.49. The summed E-state index contributed by atoms with van der Waals surface area (Å²) in [6, 6.07) is 12.8. The first-order chi connectivity index (χ1) is 10.9. The zero-order valence-corrected chi connectivity index (χ0v) is 14.1. The molecule has 0 radical (unpaired) electrons. The van der Waals surface area contributed by atoms with Gasteiger partial charge in [-0.1, -0.05) is 44.2 Å². The number of aryl methyl sites for hydroxylation is 1. The summed E-state index contributed by atoms with van der Waals surface area (Å²) in [6.07, 6.45) is 0. The molecule has 122 valence electrons. The van der Waals surface area contributed by atoms with Crippen LogP contribution in [0.2, 0.25) is 0 Å². The Kier molecular flexibility index (Phi) is 5.27. The Bertz CT molecular complexity index is 678. The molecule has 0 aliphatic carbocycles. The van der Waals surface area contributed by atoms with Crippen molar-refractivity contribution in [3.8, 4) is 5.75 Å². The quantitative estimate of drug-likeness (QED) is 0.874. The number of urea groups is 1. The molecule has 0 aliphatic rings. The minimum absolute atomic E-state index is 0.144. The predicted molar refractivity (Wildman–Crippen MR) is 93.9 cm³/mol. The highest BCUT2D eigenvalue weighted by atomic mass is 16.3. The maximum atomic E-state index is 12.5. The molecule has 2 aromatic rings. The van der Waals surface area contributed by atoms with Crippen LogP contribution in [0, 0.1) is 6.92 Å². The number of carbonyl (C=O) groups is 1. The Morgan fingerprint density at radius 1 is 1.17 bits per heavy atom. The van der Waals surface area contributed by atoms with Crippen LogP contribution in [0.15, 0.2) is 42.5 Å². The lowest BCUT2D eigenvalue weighted by atomic mass is 9.98. The molecule has 2 N–H and O–H groups in total. The number of hydrogen-bond donors (Lipinski definition) is 2. The second-order valence-corrected chi connectivity index (χ2v) is 6.15. The van der Waals surface area contributed by atoms with Gasteiger partial charge in [-0.15, -0.1) is 0 Å². The van der Waals surface area contributed by atoms with Gasteiger partial charge in [0.2, 0.25) is 0 Å². The zero-order valence-electron chi connectivity index (χ0n) is 14.1. The summed E-state index contributed by atoms with van der Waals surface area (Å²) in [4.78, 5) is 14.1. The third-order valence-electron chi connectivity index (χ3n) is 3.86. The number of nitrogens with zero attached hydrogens (tertiary/aromatic N) is 1. The molecule has 0 aliphatic heterocycles. The number of carbonyl (C=O) groups excluding carboxylic acids is 1. The molecule has 0 spiro atoms. The second-order valence-electron chi connectivity index (χ2n) is 6.15. The number of para-hydroxylation sites is 1. The normalized spacial score (nSPS) is 10.7. The number of anilines is 1. The third kappa shape index (κ3) is 4.25. The van der Waals surface area contributed by atoms with E-state index in [2.05, 4.69) is 19.2 Å². The number of amides is 2. The van der Waals surface area contributed by atoms with Gasteiger partial charge in [0, 0.05) is 19.3 Å². The molecule has 4 heteroatoms. The summed E-state index contributed by atoms with van der Waals surface area (Å²) in [7, 11) is 1.76. The number of phenols is 1. The highest BCUT2D eigenvalue weighted by molar-refractivity contribution is 5.91. The first-order valence-corrected chi connectivity index (χ1v) is 7.78. The second kappa shape index (κ2) is 7.18. The molecule has 0 aromatic heterocycles. The summed E-state index contributed by atoms with van der Waals surface area (Å²) < 4.78 is 0. The summed E-state index contributed by atoms with van der Waals surface area (Å²) in [6.45, 7) is 6.71. The van der Waals surface area contributed by atoms with E-state index in [1.165, 1.54) is 0 Å². The van der Waals surface area contributed by atoms with Crippen molar-refractivity contribution in [3.05, 3.63) is 59.2 Å². The molecule has 0 fully saturated rings. The lowest BCUT2D eigenvalue weighted by Gasteiger charge is -2.21. The molecule has 4 nitrogen and oxygen atoms in total. The zero-order chi connectivity index (χ0) is 17.0. The van der Waals surface area contributed by atoms with E-state index < -0.39 is 0 Å². The summed E-state index contributed by atoms with van der Waals surface area (Å²) in [5, 5.41) is 12.3. The number of phenolic OH excluding ortho intramolecular Hbond substituents is 1. The van der Waals surface area contributed by atoms with Gasteiger partial charge in [0.1, 0.15) is 5.75 Å². The Hall–Kier alpha value is -2.49. The molecule has 0 atom stereocenters. The third-order valence-corrected chi connectivity index (χ3v) is 3.86. The van der Waals surface area contributed by atoms with Crippen LogP contribution in [0.1, 0.15) is 36.5 Å². The number of rotatable bonds is 4. The Morgan fingerprint density at radius 2 is 1.83 bits per heavy atom. The van der Waals surface area contributed by atoms with Crippen LogP contribution < -0.4 is 5.32 Å². The number of hydrogen-bond acceptors (Lipinski definition) is 2. The molecular formula is C19H24N2O2. The summed E-state index contributed by atoms with van der Waals surface area (Å²) in [5.74, 6) is 0.565. The fourth-order valence-corrected chi connectivity index (χ4v) is 2.49. The molecule has 23 heavy (non-hydrogen) atoms. The highest BCUT2D eigenvalue weighted by Gasteiger charge is 2.15. The van der Waals surface area contributed by atoms with Crippen LogP contribution in [0.3, 0.4) is 0 Å². The first kappa shape index (κ1) is 16.9. The fourth-order valence-electron chi connectivity index (χ4n) is 2.49. The van der Waals surface area contributed by atoms with Crippen molar-refractivity contribution in [1.82, 2.24) is 4.90 Å². The Labute approximate surface area is 137 Å². The van der Waals surface area contributed by atoms with Crippen molar-refractivity contribution in [3.63, 3.8) is 0 Å². The van der Waals surface area contributed by atoms with Gasteiger partial charge in [-0.05, 0) is 41.7 Å². The van der Waals surface area contributed by atoms with Gasteiger partial charge >= 0.3 is 6.03 Å². The molecule has 0 bridgehead atoms. The van der Waals surface area contributed by atoms with E-state index in [0.717, 1.165) is 22.4 Å². The van der Waals surface area contributed by atoms with Crippen LogP contribution in [-0.2, 0) is 6.54 Å². The average Bonchev–Trinajstić information content (AvgIpc) is 2.51. The van der Waals surface area contributed by atoms with Crippen LogP contribution in [0.4, 0.5) is 10.5 Å². The smallest absolute Gasteiger partial charge is 0.321 e. The largest absolute Gasteiger partial charge is 0.508 e. The summed E-state index contributed by atoms with van der Waals surface area (Å²) >= 11 is 0. The maximum absolute atomic E-state index is 12.5. The minimum atomic E-state index is -0.144. The van der Waals surface area contributed by atoms with E-state index in [0.29, 0.717) is 12.5 Å². The van der Waals surface area contributed by atoms with Crippen LogP contribution in [0.25, 0.3) is 0 Å². The fraction of sp³-hybridized carbons (Fsp3) is 0.316. The van der Waals surface area contributed by atoms with Crippen LogP contribution in [-0.4, -0.2) is 23.1 Å². The minimum Gasteiger partial charge on any atom is -0.508 e. The Morgan fingerprint density at radius 3 is 2.43 bits per heavy atom. The van der Waals surface area contributed by atoms with E-state index in [1.807, 2.05) is 37.3 Å². The van der Waals surface area contributed by atoms with Gasteiger partial charge in [-0.2, -0.15) is 0 Å². The number of aromatic hydroxyl groups is 1. The van der Waals surface area contributed by atoms with E-state index in [1.54, 1.807) is 24.1 Å². The Balaban J connectivity index is 2.11. The molecule has 2 rings (SSSR count). The molecule has 0 saturated carbocycles. The van der Waals surface area contributed by atoms with Gasteiger partial charge in [0.15, 0.2) is 0 Å². The topological polar surface area (TPSA) is 52.6 Å². The standard InChI is InChI=1S/C19H24N2O2/c1-13(2)17-7-5-6-14(3)18(17)20-19(23)21(4)12-15-8-10-16(22)11-9-15/h5-11,13,22H,12H2,1-4H3,(H,20,23). The van der Waals surface area contributed by atoms with Crippen molar-refractivity contribution >= 4 is 11.7 Å². The maximum Gasteiger partial charge on any atom is 0.321 e. The lowest BCUT2D eigenvalue weighted by Crippen LogP contribution is -2.31. The van der Waals surface area contributed by atoms with Gasteiger partial charge in [-0.3, -0.25) is 0 Å². The molecule has 0 heterocycles. The van der Waals surface area contributed by atoms with Crippen molar-refractivity contribution in [2.24, 2.45) is 0 Å². The van der Waals surface area contributed by atoms with Gasteiger partial charge in [-0.25, -0.2) is 4.79 Å². The first-order valence-electron chi connectivity index (χ1n) is 7.78. The average molecular weight is 312 g/mol. The molecular weight excluding hydrogens is 288 g/mol. The van der Waals surface area contributed by atoms with Gasteiger partial charge in [0.25, 0.3) is 0 Å². The molecule has 2 aromatic carbocycles. The van der Waals surface area contributed by atoms with Crippen molar-refractivity contribution in [2.45, 2.75) is 33.2 Å². The molecule has 0 saturated heterocycles. The molecule has 0 unspecified atom stereocenters. The van der Waals surface area contributed by atoms with E-state index in [-0.39, 0.29) is 11.8 Å². The number of benzene rings is 2. The van der Waals surface area contributed by atoms with Gasteiger partial charge < -0.3 is 15.3 Å². The number of nitrogens with one attached hydrogen (secondary N) is 1. The lowest BCUT2D eigenvalue weighted by molar-refractivity contribution is 0.220. The SMILES string of the molecule is Cc1cccc(C(C)C)c1NC(=O)N(C)Cc1ccc(O)cc1. The van der Waals surface area contributed by atoms with Crippen molar-refractivity contribution < 1.29 is 9.90 Å². The van der Waals surface area contributed by atoms with Gasteiger partial charge in [0.05, 0.1) is 0 Å². The monoisotopic (exact) mass is 312 g/mol. The van der Waals surface area contributed by atoms with E-state index >= 15 is 0 Å².